The molecule has 1 saturated carbocycles. The van der Waals surface area contributed by atoms with Gasteiger partial charge in [0, 0.05) is 24.3 Å². The molecule has 0 saturated heterocycles. The van der Waals surface area contributed by atoms with E-state index in [9.17, 15) is 4.79 Å². The van der Waals surface area contributed by atoms with Crippen LogP contribution in [0.1, 0.15) is 26.2 Å². The van der Waals surface area contributed by atoms with Crippen LogP contribution in [0.25, 0.3) is 0 Å². The Morgan fingerprint density at radius 3 is 2.93 bits per heavy atom. The van der Waals surface area contributed by atoms with E-state index in [-0.39, 0.29) is 17.9 Å². The lowest BCUT2D eigenvalue weighted by Gasteiger charge is -2.10. The molecule has 0 aromatic heterocycles. The van der Waals surface area contributed by atoms with Gasteiger partial charge >= 0.3 is 0 Å². The number of thioether (sulfide) groups is 1. The average Bonchev–Trinajstić information content (AvgIpc) is 2.59. The summed E-state index contributed by atoms with van der Waals surface area (Å²) in [5.41, 5.74) is 5.76. The first-order valence-electron chi connectivity index (χ1n) is 5.35. The van der Waals surface area contributed by atoms with Crippen LogP contribution in [0, 0.1) is 5.92 Å². The summed E-state index contributed by atoms with van der Waals surface area (Å²) in [7, 11) is 0. The predicted octanol–water partition coefficient (Wildman–Crippen LogP) is 0.983. The van der Waals surface area contributed by atoms with E-state index >= 15 is 0 Å². The molecule has 0 aromatic rings. The zero-order chi connectivity index (χ0) is 10.4. The second kappa shape index (κ2) is 6.30. The summed E-state index contributed by atoms with van der Waals surface area (Å²) in [4.78, 5) is 11.6. The van der Waals surface area contributed by atoms with Crippen molar-refractivity contribution >= 4 is 17.7 Å². The first-order chi connectivity index (χ1) is 6.74. The second-order valence-electron chi connectivity index (χ2n) is 3.76. The maximum absolute atomic E-state index is 11.6. The zero-order valence-corrected chi connectivity index (χ0v) is 9.61. The number of hydrogen-bond acceptors (Lipinski definition) is 3. The fourth-order valence-corrected chi connectivity index (χ4v) is 2.32. The molecule has 0 bridgehead atoms. The molecule has 4 heteroatoms. The van der Waals surface area contributed by atoms with Crippen molar-refractivity contribution in [2.24, 2.45) is 11.7 Å². The van der Waals surface area contributed by atoms with Gasteiger partial charge in [-0.15, -0.1) is 0 Å². The Kier molecular flexibility index (Phi) is 5.33. The molecule has 1 amide bonds. The number of rotatable bonds is 5. The fourth-order valence-electron chi connectivity index (χ4n) is 1.79. The first kappa shape index (κ1) is 11.9. The van der Waals surface area contributed by atoms with Gasteiger partial charge in [-0.2, -0.15) is 11.8 Å². The molecule has 82 valence electrons. The monoisotopic (exact) mass is 216 g/mol. The molecule has 1 aliphatic carbocycles. The molecular formula is C10H20N2OS. The molecule has 0 aliphatic heterocycles. The number of carbonyl (C=O) groups excluding carboxylic acids is 1. The van der Waals surface area contributed by atoms with Crippen LogP contribution in [-0.2, 0) is 4.79 Å². The van der Waals surface area contributed by atoms with Crippen LogP contribution >= 0.6 is 11.8 Å². The van der Waals surface area contributed by atoms with E-state index in [0.29, 0.717) is 0 Å². The highest BCUT2D eigenvalue weighted by atomic mass is 32.2. The van der Waals surface area contributed by atoms with Crippen LogP contribution in [0.5, 0.6) is 0 Å². The van der Waals surface area contributed by atoms with Gasteiger partial charge in [-0.3, -0.25) is 4.79 Å². The summed E-state index contributed by atoms with van der Waals surface area (Å²) < 4.78 is 0. The van der Waals surface area contributed by atoms with Crippen molar-refractivity contribution in [3.8, 4) is 0 Å². The van der Waals surface area contributed by atoms with Gasteiger partial charge in [0.2, 0.25) is 5.91 Å². The maximum atomic E-state index is 11.6. The predicted molar refractivity (Wildman–Crippen MR) is 61.3 cm³/mol. The molecule has 3 nitrogen and oxygen atoms in total. The summed E-state index contributed by atoms with van der Waals surface area (Å²) in [6.45, 7) is 2.92. The summed E-state index contributed by atoms with van der Waals surface area (Å²) >= 11 is 1.85. The van der Waals surface area contributed by atoms with E-state index in [2.05, 4.69) is 12.2 Å². The summed E-state index contributed by atoms with van der Waals surface area (Å²) in [5, 5.41) is 2.96. The van der Waals surface area contributed by atoms with E-state index in [1.807, 2.05) is 11.8 Å². The van der Waals surface area contributed by atoms with Gasteiger partial charge in [-0.25, -0.2) is 0 Å². The quantitative estimate of drug-likeness (QED) is 0.674. The number of nitrogens with one attached hydrogen (secondary N) is 1. The highest BCUT2D eigenvalue weighted by Crippen LogP contribution is 2.23. The van der Waals surface area contributed by atoms with Gasteiger partial charge in [0.15, 0.2) is 0 Å². The van der Waals surface area contributed by atoms with Crippen LogP contribution in [0.15, 0.2) is 0 Å². The third-order valence-corrected chi connectivity index (χ3v) is 3.49. The Bertz CT molecular complexity index is 187. The van der Waals surface area contributed by atoms with Crippen LogP contribution in [0.4, 0.5) is 0 Å². The Labute approximate surface area is 90.2 Å². The Hall–Kier alpha value is -0.220. The Morgan fingerprint density at radius 1 is 1.57 bits per heavy atom. The summed E-state index contributed by atoms with van der Waals surface area (Å²) in [5.74, 6) is 2.51. The van der Waals surface area contributed by atoms with Crippen LogP contribution in [0.2, 0.25) is 0 Å². The summed E-state index contributed by atoms with van der Waals surface area (Å²) in [6.07, 6.45) is 2.84. The van der Waals surface area contributed by atoms with Gasteiger partial charge in [0.25, 0.3) is 0 Å². The smallest absolute Gasteiger partial charge is 0.223 e. The zero-order valence-electron chi connectivity index (χ0n) is 8.79. The molecule has 0 heterocycles. The minimum absolute atomic E-state index is 0.177. The topological polar surface area (TPSA) is 55.1 Å². The van der Waals surface area contributed by atoms with E-state index < -0.39 is 0 Å². The molecule has 0 aromatic carbocycles. The van der Waals surface area contributed by atoms with Crippen molar-refractivity contribution in [2.45, 2.75) is 32.2 Å². The van der Waals surface area contributed by atoms with E-state index in [4.69, 9.17) is 5.73 Å². The largest absolute Gasteiger partial charge is 0.355 e. The third-order valence-electron chi connectivity index (χ3n) is 2.59. The van der Waals surface area contributed by atoms with Crippen molar-refractivity contribution in [1.29, 1.82) is 0 Å². The number of nitrogens with two attached hydrogens (primary N) is 1. The number of hydrogen-bond donors (Lipinski definition) is 2. The molecule has 14 heavy (non-hydrogen) atoms. The van der Waals surface area contributed by atoms with Gasteiger partial charge in [-0.05, 0) is 25.0 Å². The normalized spacial score (nSPS) is 26.4. The Balaban J connectivity index is 2.09. The van der Waals surface area contributed by atoms with Crippen molar-refractivity contribution in [3.05, 3.63) is 0 Å². The van der Waals surface area contributed by atoms with Gasteiger partial charge < -0.3 is 11.1 Å². The van der Waals surface area contributed by atoms with Crippen molar-refractivity contribution in [2.75, 3.05) is 18.1 Å². The highest BCUT2D eigenvalue weighted by molar-refractivity contribution is 7.99. The summed E-state index contributed by atoms with van der Waals surface area (Å²) in [6, 6.07) is 0.246. The highest BCUT2D eigenvalue weighted by Gasteiger charge is 2.27. The SMILES string of the molecule is CCSCCNC(=O)[C@H]1CC[C@@H](N)C1. The van der Waals surface area contributed by atoms with Crippen molar-refractivity contribution < 1.29 is 4.79 Å². The molecule has 0 radical (unpaired) electrons. The number of carbonyl (C=O) groups is 1. The van der Waals surface area contributed by atoms with Gasteiger partial charge in [-0.1, -0.05) is 6.92 Å². The lowest BCUT2D eigenvalue weighted by molar-refractivity contribution is -0.124. The Morgan fingerprint density at radius 2 is 2.36 bits per heavy atom. The van der Waals surface area contributed by atoms with Crippen molar-refractivity contribution in [3.63, 3.8) is 0 Å². The molecular weight excluding hydrogens is 196 g/mol. The lowest BCUT2D eigenvalue weighted by Crippen LogP contribution is -2.32. The van der Waals surface area contributed by atoms with Crippen LogP contribution in [-0.4, -0.2) is 30.0 Å². The first-order valence-corrected chi connectivity index (χ1v) is 6.50. The molecule has 0 unspecified atom stereocenters. The standard InChI is InChI=1S/C10H20N2OS/c1-2-14-6-5-12-10(13)8-3-4-9(11)7-8/h8-9H,2-7,11H2,1H3,(H,12,13)/t8-,9+/m0/s1. The van der Waals surface area contributed by atoms with E-state index in [1.54, 1.807) is 0 Å². The molecule has 1 aliphatic rings. The van der Waals surface area contributed by atoms with Gasteiger partial charge in [0.1, 0.15) is 0 Å². The number of amides is 1. The molecule has 1 rings (SSSR count). The lowest BCUT2D eigenvalue weighted by atomic mass is 10.1. The minimum atomic E-state index is 0.177. The van der Waals surface area contributed by atoms with E-state index in [0.717, 1.165) is 37.3 Å². The molecule has 3 N–H and O–H groups in total. The average molecular weight is 216 g/mol. The van der Waals surface area contributed by atoms with Crippen molar-refractivity contribution in [1.82, 2.24) is 5.32 Å². The van der Waals surface area contributed by atoms with Crippen LogP contribution in [0.3, 0.4) is 0 Å². The third kappa shape index (κ3) is 3.88. The van der Waals surface area contributed by atoms with E-state index in [1.165, 1.54) is 0 Å². The minimum Gasteiger partial charge on any atom is -0.355 e. The van der Waals surface area contributed by atoms with Crippen LogP contribution < -0.4 is 11.1 Å². The molecule has 1 fully saturated rings. The maximum Gasteiger partial charge on any atom is 0.223 e. The molecule has 2 atom stereocenters. The second-order valence-corrected chi connectivity index (χ2v) is 5.15. The van der Waals surface area contributed by atoms with Gasteiger partial charge in [0.05, 0.1) is 0 Å². The fraction of sp³-hybridized carbons (Fsp3) is 0.900. The molecule has 0 spiro atoms.